The lowest BCUT2D eigenvalue weighted by molar-refractivity contribution is 0.393. The Morgan fingerprint density at radius 2 is 2.07 bits per heavy atom. The largest absolute Gasteiger partial charge is 0.328 e. The SMILES string of the molecule is Cl.N[C@@H]1CCC[C@H](c2cccc(Br)c2)C1. The minimum Gasteiger partial charge on any atom is -0.328 e. The second-order valence-corrected chi connectivity index (χ2v) is 5.09. The van der Waals surface area contributed by atoms with E-state index in [-0.39, 0.29) is 12.4 Å². The highest BCUT2D eigenvalue weighted by Crippen LogP contribution is 2.32. The molecule has 1 fully saturated rings. The van der Waals surface area contributed by atoms with Crippen LogP contribution in [0.2, 0.25) is 0 Å². The van der Waals surface area contributed by atoms with Gasteiger partial charge < -0.3 is 5.73 Å². The molecule has 0 bridgehead atoms. The van der Waals surface area contributed by atoms with E-state index in [0.29, 0.717) is 12.0 Å². The smallest absolute Gasteiger partial charge is 0.0178 e. The average Bonchev–Trinajstić information content (AvgIpc) is 2.18. The first-order valence-electron chi connectivity index (χ1n) is 5.27. The number of nitrogens with two attached hydrogens (primary N) is 1. The average molecular weight is 291 g/mol. The molecule has 0 unspecified atom stereocenters. The van der Waals surface area contributed by atoms with E-state index in [9.17, 15) is 0 Å². The summed E-state index contributed by atoms with van der Waals surface area (Å²) in [6.45, 7) is 0. The van der Waals surface area contributed by atoms with Gasteiger partial charge in [0.1, 0.15) is 0 Å². The van der Waals surface area contributed by atoms with Crippen LogP contribution in [0.5, 0.6) is 0 Å². The summed E-state index contributed by atoms with van der Waals surface area (Å²) >= 11 is 3.51. The van der Waals surface area contributed by atoms with Crippen molar-refractivity contribution < 1.29 is 0 Å². The molecule has 0 amide bonds. The van der Waals surface area contributed by atoms with Crippen molar-refractivity contribution in [3.8, 4) is 0 Å². The van der Waals surface area contributed by atoms with E-state index in [1.54, 1.807) is 0 Å². The van der Waals surface area contributed by atoms with Crippen molar-refractivity contribution in [2.45, 2.75) is 37.6 Å². The predicted molar refractivity (Wildman–Crippen MR) is 70.6 cm³/mol. The molecule has 1 aliphatic rings. The maximum absolute atomic E-state index is 5.99. The van der Waals surface area contributed by atoms with Gasteiger partial charge in [0.05, 0.1) is 0 Å². The second kappa shape index (κ2) is 5.88. The molecule has 0 radical (unpaired) electrons. The third kappa shape index (κ3) is 3.47. The van der Waals surface area contributed by atoms with Crippen molar-refractivity contribution >= 4 is 28.3 Å². The molecule has 1 aliphatic carbocycles. The van der Waals surface area contributed by atoms with Crippen molar-refractivity contribution in [1.29, 1.82) is 0 Å². The maximum Gasteiger partial charge on any atom is 0.0178 e. The van der Waals surface area contributed by atoms with E-state index in [2.05, 4.69) is 40.2 Å². The van der Waals surface area contributed by atoms with Crippen molar-refractivity contribution in [3.63, 3.8) is 0 Å². The van der Waals surface area contributed by atoms with Gasteiger partial charge in [-0.25, -0.2) is 0 Å². The summed E-state index contributed by atoms with van der Waals surface area (Å²) in [5.41, 5.74) is 7.43. The Kier molecular flexibility index (Phi) is 5.10. The molecule has 1 nitrogen and oxygen atoms in total. The monoisotopic (exact) mass is 289 g/mol. The fraction of sp³-hybridized carbons (Fsp3) is 0.500. The van der Waals surface area contributed by atoms with Crippen molar-refractivity contribution in [2.24, 2.45) is 5.73 Å². The number of rotatable bonds is 1. The Morgan fingerprint density at radius 1 is 1.27 bits per heavy atom. The zero-order chi connectivity index (χ0) is 9.97. The number of hydrogen-bond donors (Lipinski definition) is 1. The van der Waals surface area contributed by atoms with E-state index in [0.717, 1.165) is 6.42 Å². The molecule has 0 aromatic heterocycles. The molecule has 3 heteroatoms. The first kappa shape index (κ1) is 13.0. The van der Waals surface area contributed by atoms with Gasteiger partial charge in [0, 0.05) is 10.5 Å². The van der Waals surface area contributed by atoms with Crippen LogP contribution in [-0.2, 0) is 0 Å². The molecule has 0 saturated heterocycles. The van der Waals surface area contributed by atoms with E-state index < -0.39 is 0 Å². The van der Waals surface area contributed by atoms with Crippen LogP contribution in [0, 0.1) is 0 Å². The third-order valence-electron chi connectivity index (χ3n) is 3.03. The Hall–Kier alpha value is -0.0500. The summed E-state index contributed by atoms with van der Waals surface area (Å²) in [5, 5.41) is 0. The number of benzene rings is 1. The van der Waals surface area contributed by atoms with Crippen LogP contribution >= 0.6 is 28.3 Å². The van der Waals surface area contributed by atoms with Gasteiger partial charge in [-0.1, -0.05) is 34.5 Å². The van der Waals surface area contributed by atoms with Crippen LogP contribution in [0.1, 0.15) is 37.2 Å². The fourth-order valence-electron chi connectivity index (χ4n) is 2.29. The highest BCUT2D eigenvalue weighted by Gasteiger charge is 2.20. The molecule has 0 spiro atoms. The number of hydrogen-bond acceptors (Lipinski definition) is 1. The Morgan fingerprint density at radius 3 is 2.73 bits per heavy atom. The first-order valence-corrected chi connectivity index (χ1v) is 6.06. The van der Waals surface area contributed by atoms with Gasteiger partial charge in [-0.15, -0.1) is 12.4 Å². The van der Waals surface area contributed by atoms with Gasteiger partial charge in [0.2, 0.25) is 0 Å². The molecule has 15 heavy (non-hydrogen) atoms. The summed E-state index contributed by atoms with van der Waals surface area (Å²) in [4.78, 5) is 0. The van der Waals surface area contributed by atoms with Crippen LogP contribution < -0.4 is 5.73 Å². The minimum atomic E-state index is 0. The Bertz CT molecular complexity index is 316. The van der Waals surface area contributed by atoms with E-state index in [1.165, 1.54) is 29.3 Å². The lowest BCUT2D eigenvalue weighted by Crippen LogP contribution is -2.26. The molecule has 2 rings (SSSR count). The lowest BCUT2D eigenvalue weighted by Gasteiger charge is -2.26. The lowest BCUT2D eigenvalue weighted by atomic mass is 9.82. The first-order chi connectivity index (χ1) is 6.75. The maximum atomic E-state index is 5.99. The second-order valence-electron chi connectivity index (χ2n) is 4.18. The van der Waals surface area contributed by atoms with Crippen LogP contribution in [0.3, 0.4) is 0 Å². The van der Waals surface area contributed by atoms with Gasteiger partial charge in [0.25, 0.3) is 0 Å². The van der Waals surface area contributed by atoms with Gasteiger partial charge in [0.15, 0.2) is 0 Å². The zero-order valence-electron chi connectivity index (χ0n) is 8.66. The molecule has 84 valence electrons. The molecule has 0 heterocycles. The van der Waals surface area contributed by atoms with Gasteiger partial charge in [-0.05, 0) is 42.9 Å². The molecule has 2 N–H and O–H groups in total. The van der Waals surface area contributed by atoms with Crippen molar-refractivity contribution in [1.82, 2.24) is 0 Å². The van der Waals surface area contributed by atoms with Gasteiger partial charge in [-0.2, -0.15) is 0 Å². The third-order valence-corrected chi connectivity index (χ3v) is 3.53. The van der Waals surface area contributed by atoms with E-state index in [1.807, 2.05) is 0 Å². The molecule has 2 atom stereocenters. The summed E-state index contributed by atoms with van der Waals surface area (Å²) in [6.07, 6.45) is 4.92. The minimum absolute atomic E-state index is 0. The molecule has 0 aliphatic heterocycles. The summed E-state index contributed by atoms with van der Waals surface area (Å²) in [7, 11) is 0. The molecular formula is C12H17BrClN. The predicted octanol–water partition coefficient (Wildman–Crippen LogP) is 3.86. The van der Waals surface area contributed by atoms with E-state index >= 15 is 0 Å². The van der Waals surface area contributed by atoms with E-state index in [4.69, 9.17) is 5.73 Å². The topological polar surface area (TPSA) is 26.0 Å². The number of halogens is 2. The standard InChI is InChI=1S/C12H16BrN.ClH/c13-11-5-1-3-9(7-11)10-4-2-6-12(14)8-10;/h1,3,5,7,10,12H,2,4,6,8,14H2;1H/t10-,12+;/m0./s1. The molecule has 1 aromatic rings. The molecule has 1 saturated carbocycles. The fourth-order valence-corrected chi connectivity index (χ4v) is 2.71. The Balaban J connectivity index is 0.00000112. The van der Waals surface area contributed by atoms with Crippen LogP contribution in [0.4, 0.5) is 0 Å². The molecule has 1 aromatic carbocycles. The van der Waals surface area contributed by atoms with Gasteiger partial charge in [-0.3, -0.25) is 0 Å². The normalized spacial score (nSPS) is 25.7. The molecular weight excluding hydrogens is 273 g/mol. The van der Waals surface area contributed by atoms with Crippen LogP contribution in [0.25, 0.3) is 0 Å². The van der Waals surface area contributed by atoms with Crippen molar-refractivity contribution in [2.75, 3.05) is 0 Å². The Labute approximate surface area is 106 Å². The van der Waals surface area contributed by atoms with Crippen LogP contribution in [0.15, 0.2) is 28.7 Å². The van der Waals surface area contributed by atoms with Crippen LogP contribution in [-0.4, -0.2) is 6.04 Å². The van der Waals surface area contributed by atoms with Crippen molar-refractivity contribution in [3.05, 3.63) is 34.3 Å². The summed E-state index contributed by atoms with van der Waals surface area (Å²) < 4.78 is 1.18. The quantitative estimate of drug-likeness (QED) is 0.835. The van der Waals surface area contributed by atoms with Gasteiger partial charge >= 0.3 is 0 Å². The highest BCUT2D eigenvalue weighted by molar-refractivity contribution is 9.10. The zero-order valence-corrected chi connectivity index (χ0v) is 11.1. The summed E-state index contributed by atoms with van der Waals surface area (Å²) in [5.74, 6) is 0.677. The highest BCUT2D eigenvalue weighted by atomic mass is 79.9. The summed E-state index contributed by atoms with van der Waals surface area (Å²) in [6, 6.07) is 9.04.